The van der Waals surface area contributed by atoms with E-state index in [2.05, 4.69) is 76.2 Å². The number of fused-ring (bicyclic) bond motifs is 3. The van der Waals surface area contributed by atoms with Gasteiger partial charge in [0, 0.05) is 0 Å². The van der Waals surface area contributed by atoms with Crippen molar-refractivity contribution < 1.29 is 0 Å². The zero-order valence-electron chi connectivity index (χ0n) is 14.5. The Morgan fingerprint density at radius 3 is 1.83 bits per heavy atom. The average molecular weight is 298 g/mol. The number of aryl methyl sites for hydroxylation is 2. The first-order valence-corrected chi connectivity index (χ1v) is 8.61. The minimum atomic E-state index is 0.523. The van der Waals surface area contributed by atoms with Crippen LogP contribution < -0.4 is 0 Å². The predicted octanol–water partition coefficient (Wildman–Crippen LogP) is 5.50. The molecule has 0 nitrogen and oxygen atoms in total. The topological polar surface area (TPSA) is 0 Å². The second kappa shape index (κ2) is 5.27. The van der Waals surface area contributed by atoms with E-state index in [4.69, 9.17) is 0 Å². The molecule has 1 unspecified atom stereocenters. The number of benzene rings is 2. The monoisotopic (exact) mass is 298 g/mol. The molecule has 1 heteroatoms. The van der Waals surface area contributed by atoms with Crippen LogP contribution in [0.4, 0.5) is 0 Å². The maximum Gasteiger partial charge on any atom is 0.148 e. The van der Waals surface area contributed by atoms with Gasteiger partial charge in [0.15, 0.2) is 0 Å². The van der Waals surface area contributed by atoms with Gasteiger partial charge in [-0.25, -0.2) is 0 Å². The zero-order chi connectivity index (χ0) is 16.1. The summed E-state index contributed by atoms with van der Waals surface area (Å²) in [5.74, 6) is 1.11. The standard InChI is InChI=1S/C22H23B/c1-13-5-7-17-18-8-6-14(2)11-20(18)22(19(17)10-13)23-21-12-15(3)9-16(21)4/h5-12,21-23H,1-4H3. The Hall–Kier alpha value is -2.02. The molecule has 0 saturated carbocycles. The van der Waals surface area contributed by atoms with Crippen molar-refractivity contribution >= 4 is 7.28 Å². The largest absolute Gasteiger partial charge is 0.148 e. The van der Waals surface area contributed by atoms with Crippen molar-refractivity contribution in [2.24, 2.45) is 0 Å². The van der Waals surface area contributed by atoms with Crippen molar-refractivity contribution in [2.75, 3.05) is 0 Å². The van der Waals surface area contributed by atoms with Crippen molar-refractivity contribution in [3.63, 3.8) is 0 Å². The van der Waals surface area contributed by atoms with Gasteiger partial charge >= 0.3 is 0 Å². The molecular weight excluding hydrogens is 275 g/mol. The van der Waals surface area contributed by atoms with Crippen molar-refractivity contribution in [3.05, 3.63) is 82.0 Å². The quantitative estimate of drug-likeness (QED) is 0.642. The summed E-state index contributed by atoms with van der Waals surface area (Å²) in [6.45, 7) is 8.90. The Balaban J connectivity index is 1.82. The molecule has 4 rings (SSSR count). The predicted molar refractivity (Wildman–Crippen MR) is 102 cm³/mol. The summed E-state index contributed by atoms with van der Waals surface area (Å²) in [6.07, 6.45) is 4.78. The molecule has 2 aliphatic rings. The maximum atomic E-state index is 2.44. The zero-order valence-corrected chi connectivity index (χ0v) is 14.5. The SMILES string of the molecule is CC1=CC(BC2c3cc(C)ccc3-c3ccc(C)cc32)C(C)=C1. The van der Waals surface area contributed by atoms with Crippen molar-refractivity contribution in [3.8, 4) is 11.1 Å². The first-order valence-electron chi connectivity index (χ1n) is 8.61. The van der Waals surface area contributed by atoms with Crippen LogP contribution in [0, 0.1) is 13.8 Å². The van der Waals surface area contributed by atoms with Crippen LogP contribution in [-0.2, 0) is 0 Å². The number of allylic oxidation sites excluding steroid dienone is 4. The summed E-state index contributed by atoms with van der Waals surface area (Å²) < 4.78 is 0. The number of hydrogen-bond donors (Lipinski definition) is 0. The molecule has 0 radical (unpaired) electrons. The first kappa shape index (κ1) is 14.6. The van der Waals surface area contributed by atoms with Crippen molar-refractivity contribution in [1.82, 2.24) is 0 Å². The normalized spacial score (nSPS) is 19.2. The summed E-state index contributed by atoms with van der Waals surface area (Å²) in [5.41, 5.74) is 11.6. The van der Waals surface area contributed by atoms with Crippen LogP contribution in [0.1, 0.15) is 41.9 Å². The van der Waals surface area contributed by atoms with Crippen LogP contribution >= 0.6 is 0 Å². The molecule has 0 bridgehead atoms. The first-order chi connectivity index (χ1) is 11.0. The lowest BCUT2D eigenvalue weighted by Crippen LogP contribution is -2.12. The van der Waals surface area contributed by atoms with E-state index in [1.165, 1.54) is 51.8 Å². The Morgan fingerprint density at radius 1 is 0.783 bits per heavy atom. The fourth-order valence-electron chi connectivity index (χ4n) is 4.32. The molecule has 0 spiro atoms. The second-order valence-corrected chi connectivity index (χ2v) is 7.38. The highest BCUT2D eigenvalue weighted by atomic mass is 14.3. The van der Waals surface area contributed by atoms with E-state index in [1.54, 1.807) is 0 Å². The van der Waals surface area contributed by atoms with Crippen molar-refractivity contribution in [1.29, 1.82) is 0 Å². The lowest BCUT2D eigenvalue weighted by Gasteiger charge is -2.18. The fraction of sp³-hybridized carbons (Fsp3) is 0.273. The molecule has 2 aromatic carbocycles. The van der Waals surface area contributed by atoms with Crippen LogP contribution in [0.15, 0.2) is 59.7 Å². The lowest BCUT2D eigenvalue weighted by atomic mass is 9.51. The Morgan fingerprint density at radius 2 is 1.35 bits per heavy atom. The van der Waals surface area contributed by atoms with Gasteiger partial charge in [-0.3, -0.25) is 0 Å². The molecular formula is C22H23B. The van der Waals surface area contributed by atoms with Crippen LogP contribution in [0.5, 0.6) is 0 Å². The van der Waals surface area contributed by atoms with Crippen LogP contribution in [0.2, 0.25) is 5.82 Å². The molecule has 114 valence electrons. The molecule has 2 aliphatic carbocycles. The van der Waals surface area contributed by atoms with E-state index in [1.807, 2.05) is 0 Å². The highest BCUT2D eigenvalue weighted by Gasteiger charge is 2.32. The molecule has 2 aromatic rings. The van der Waals surface area contributed by atoms with Gasteiger partial charge < -0.3 is 0 Å². The minimum Gasteiger partial charge on any atom is -0.0821 e. The molecule has 0 aromatic heterocycles. The molecule has 0 saturated heterocycles. The molecule has 0 fully saturated rings. The molecule has 23 heavy (non-hydrogen) atoms. The van der Waals surface area contributed by atoms with Gasteiger partial charge in [-0.15, -0.1) is 0 Å². The molecule has 0 aliphatic heterocycles. The van der Waals surface area contributed by atoms with Crippen LogP contribution in [0.25, 0.3) is 11.1 Å². The van der Waals surface area contributed by atoms with E-state index in [-0.39, 0.29) is 0 Å². The molecule has 0 amide bonds. The Kier molecular flexibility index (Phi) is 3.34. The van der Waals surface area contributed by atoms with Gasteiger partial charge in [0.1, 0.15) is 7.28 Å². The average Bonchev–Trinajstić information content (AvgIpc) is 2.97. The smallest absolute Gasteiger partial charge is 0.0821 e. The summed E-state index contributed by atoms with van der Waals surface area (Å²) >= 11 is 0. The van der Waals surface area contributed by atoms with Gasteiger partial charge in [-0.05, 0) is 61.6 Å². The summed E-state index contributed by atoms with van der Waals surface area (Å²) in [4.78, 5) is 0. The highest BCUT2D eigenvalue weighted by molar-refractivity contribution is 6.44. The number of rotatable bonds is 2. The van der Waals surface area contributed by atoms with E-state index >= 15 is 0 Å². The van der Waals surface area contributed by atoms with E-state index in [9.17, 15) is 0 Å². The van der Waals surface area contributed by atoms with Crippen LogP contribution in [0.3, 0.4) is 0 Å². The Bertz CT molecular complexity index is 803. The van der Waals surface area contributed by atoms with E-state index in [0.717, 1.165) is 0 Å². The second-order valence-electron chi connectivity index (χ2n) is 7.38. The van der Waals surface area contributed by atoms with E-state index in [0.29, 0.717) is 11.6 Å². The summed E-state index contributed by atoms with van der Waals surface area (Å²) in [7, 11) is 1.19. The number of hydrogen-bond acceptors (Lipinski definition) is 0. The van der Waals surface area contributed by atoms with E-state index < -0.39 is 0 Å². The third-order valence-electron chi connectivity index (χ3n) is 5.45. The maximum absolute atomic E-state index is 2.44. The van der Waals surface area contributed by atoms with Gasteiger partial charge in [-0.1, -0.05) is 70.8 Å². The molecule has 0 heterocycles. The fourth-order valence-corrected chi connectivity index (χ4v) is 4.32. The summed E-state index contributed by atoms with van der Waals surface area (Å²) in [6, 6.07) is 13.9. The highest BCUT2D eigenvalue weighted by Crippen LogP contribution is 2.47. The van der Waals surface area contributed by atoms with Gasteiger partial charge in [0.2, 0.25) is 0 Å². The lowest BCUT2D eigenvalue weighted by molar-refractivity contribution is 1.10. The van der Waals surface area contributed by atoms with Gasteiger partial charge in [-0.2, -0.15) is 0 Å². The third kappa shape index (κ3) is 2.39. The molecule has 1 atom stereocenters. The van der Waals surface area contributed by atoms with Crippen LogP contribution in [-0.4, -0.2) is 7.28 Å². The van der Waals surface area contributed by atoms with Gasteiger partial charge in [0.25, 0.3) is 0 Å². The third-order valence-corrected chi connectivity index (χ3v) is 5.45. The minimum absolute atomic E-state index is 0.523. The van der Waals surface area contributed by atoms with Gasteiger partial charge in [0.05, 0.1) is 0 Å². The Labute approximate surface area is 140 Å². The summed E-state index contributed by atoms with van der Waals surface area (Å²) in [5, 5.41) is 0. The van der Waals surface area contributed by atoms with Crippen molar-refractivity contribution in [2.45, 2.75) is 39.3 Å². The molecule has 0 N–H and O–H groups in total.